The lowest BCUT2D eigenvalue weighted by molar-refractivity contribution is 0.753. The molecule has 131 valence electrons. The molecule has 1 aliphatic carbocycles. The predicted octanol–water partition coefficient (Wildman–Crippen LogP) is 6.80. The van der Waals surface area contributed by atoms with Gasteiger partial charge in [-0.3, -0.25) is 0 Å². The van der Waals surface area contributed by atoms with Crippen LogP contribution in [0, 0.1) is 6.08 Å². The summed E-state index contributed by atoms with van der Waals surface area (Å²) < 4.78 is 0. The molecule has 0 saturated carbocycles. The first-order valence-corrected chi connectivity index (χ1v) is 12.2. The van der Waals surface area contributed by atoms with Gasteiger partial charge in [-0.2, -0.15) is 0 Å². The van der Waals surface area contributed by atoms with Gasteiger partial charge >= 0.3 is 0 Å². The molecule has 0 nitrogen and oxygen atoms in total. The maximum Gasteiger partial charge on any atom is 0.101 e. The van der Waals surface area contributed by atoms with Crippen LogP contribution in [0.25, 0.3) is 0 Å². The highest BCUT2D eigenvalue weighted by molar-refractivity contribution is 6.95. The lowest BCUT2D eigenvalue weighted by Gasteiger charge is -2.46. The molecule has 2 rings (SSSR count). The Bertz CT molecular complexity index is 600. The fourth-order valence-electron chi connectivity index (χ4n) is 4.61. The average molecular weight is 340 g/mol. The van der Waals surface area contributed by atoms with E-state index < -0.39 is 8.07 Å². The summed E-state index contributed by atoms with van der Waals surface area (Å²) in [7, 11) is -1.74. The molecule has 0 spiro atoms. The van der Waals surface area contributed by atoms with Gasteiger partial charge in [0.25, 0.3) is 0 Å². The van der Waals surface area contributed by atoms with Crippen LogP contribution in [-0.2, 0) is 0 Å². The fourth-order valence-corrected chi connectivity index (χ4v) is 11.1. The summed E-state index contributed by atoms with van der Waals surface area (Å²) in [5.74, 6) is 0. The van der Waals surface area contributed by atoms with Gasteiger partial charge in [0.15, 0.2) is 0 Å². The Morgan fingerprint density at radius 2 is 1.46 bits per heavy atom. The molecule has 0 aliphatic heterocycles. The number of hydrogen-bond donors (Lipinski definition) is 0. The third kappa shape index (κ3) is 3.20. The minimum absolute atomic E-state index is 0.146. The van der Waals surface area contributed by atoms with E-state index in [1.165, 1.54) is 48.9 Å². The molecule has 1 heteroatoms. The smallest absolute Gasteiger partial charge is 0.0654 e. The Morgan fingerprint density at radius 3 is 1.88 bits per heavy atom. The zero-order valence-corrected chi connectivity index (χ0v) is 17.6. The number of unbranched alkanes of at least 4 members (excludes halogenated alkanes) is 2. The second-order valence-electron chi connectivity index (χ2n) is 7.78. The average Bonchev–Trinajstić information content (AvgIpc) is 2.80. The highest BCUT2D eigenvalue weighted by Gasteiger charge is 2.52. The maximum atomic E-state index is 3.99. The van der Waals surface area contributed by atoms with Crippen molar-refractivity contribution in [3.8, 4) is 0 Å². The molecule has 24 heavy (non-hydrogen) atoms. The zero-order valence-electron chi connectivity index (χ0n) is 16.6. The van der Waals surface area contributed by atoms with E-state index in [1.54, 1.807) is 10.8 Å². The van der Waals surface area contributed by atoms with Gasteiger partial charge in [-0.1, -0.05) is 99.6 Å². The molecular weight excluding hydrogens is 304 g/mol. The van der Waals surface area contributed by atoms with Crippen LogP contribution >= 0.6 is 0 Å². The summed E-state index contributed by atoms with van der Waals surface area (Å²) in [5.41, 5.74) is 4.46. The molecule has 0 amide bonds. The third-order valence-corrected chi connectivity index (χ3v) is 12.8. The minimum atomic E-state index is -1.74. The van der Waals surface area contributed by atoms with E-state index in [0.717, 1.165) is 0 Å². The fraction of sp³-hybridized carbons (Fsp3) is 0.565. The van der Waals surface area contributed by atoms with Gasteiger partial charge in [0.1, 0.15) is 8.07 Å². The molecule has 1 radical (unpaired) electrons. The van der Waals surface area contributed by atoms with Crippen LogP contribution in [0.5, 0.6) is 0 Å². The molecule has 1 unspecified atom stereocenters. The monoisotopic (exact) mass is 339 g/mol. The van der Waals surface area contributed by atoms with Crippen molar-refractivity contribution in [2.24, 2.45) is 0 Å². The van der Waals surface area contributed by atoms with E-state index in [-0.39, 0.29) is 5.04 Å². The highest BCUT2D eigenvalue weighted by Crippen LogP contribution is 2.55. The number of rotatable bonds is 8. The largest absolute Gasteiger partial charge is 0.101 e. The van der Waals surface area contributed by atoms with Gasteiger partial charge in [-0.15, -0.1) is 0 Å². The Balaban J connectivity index is 2.65. The minimum Gasteiger partial charge on any atom is -0.0654 e. The van der Waals surface area contributed by atoms with Crippen molar-refractivity contribution in [1.82, 2.24) is 0 Å². The topological polar surface area (TPSA) is 0 Å². The third-order valence-electron chi connectivity index (χ3n) is 6.51. The van der Waals surface area contributed by atoms with E-state index in [0.29, 0.717) is 0 Å². The first-order chi connectivity index (χ1) is 11.4. The van der Waals surface area contributed by atoms with Crippen LogP contribution in [0.4, 0.5) is 0 Å². The van der Waals surface area contributed by atoms with Crippen molar-refractivity contribution < 1.29 is 0 Å². The van der Waals surface area contributed by atoms with Crippen LogP contribution in [0.15, 0.2) is 47.1 Å². The molecule has 1 aromatic carbocycles. The number of allylic oxidation sites excluding steroid dienone is 4. The molecule has 0 aromatic heterocycles. The van der Waals surface area contributed by atoms with E-state index in [4.69, 9.17) is 0 Å². The van der Waals surface area contributed by atoms with Gasteiger partial charge in [0.05, 0.1) is 0 Å². The summed E-state index contributed by atoms with van der Waals surface area (Å²) >= 11 is 0. The van der Waals surface area contributed by atoms with Crippen LogP contribution in [0.1, 0.15) is 67.2 Å². The Kier molecular flexibility index (Phi) is 6.31. The molecular formula is C23H35Si. The molecule has 0 saturated heterocycles. The zero-order chi connectivity index (χ0) is 17.8. The van der Waals surface area contributed by atoms with Crippen molar-refractivity contribution in [2.45, 2.75) is 84.4 Å². The summed E-state index contributed by atoms with van der Waals surface area (Å²) in [6.07, 6.45) is 9.24. The van der Waals surface area contributed by atoms with Crippen molar-refractivity contribution >= 4 is 13.3 Å². The standard InChI is InChI=1S/C23H35Si/c1-7-9-16-24(17-10-8-2,22-14-12-11-13-15-22)23(6)18-19(3)20(4)21(23)5/h11-15H,7-10,16-17H2,1-6H3. The summed E-state index contributed by atoms with van der Waals surface area (Å²) in [6, 6.07) is 14.3. The molecule has 1 aromatic rings. The number of benzene rings is 1. The van der Waals surface area contributed by atoms with Gasteiger partial charge in [0.2, 0.25) is 0 Å². The van der Waals surface area contributed by atoms with E-state index in [2.05, 4.69) is 78.0 Å². The second kappa shape index (κ2) is 7.87. The van der Waals surface area contributed by atoms with Crippen LogP contribution in [0.3, 0.4) is 0 Å². The second-order valence-corrected chi connectivity index (χ2v) is 12.5. The van der Waals surface area contributed by atoms with E-state index in [9.17, 15) is 0 Å². The van der Waals surface area contributed by atoms with Gasteiger partial charge in [0, 0.05) is 5.04 Å². The van der Waals surface area contributed by atoms with Crippen molar-refractivity contribution in [2.75, 3.05) is 0 Å². The van der Waals surface area contributed by atoms with Crippen LogP contribution < -0.4 is 5.19 Å². The molecule has 1 atom stereocenters. The number of hydrogen-bond acceptors (Lipinski definition) is 0. The Labute approximate surface area is 151 Å². The van der Waals surface area contributed by atoms with Crippen molar-refractivity contribution in [3.05, 3.63) is 53.1 Å². The van der Waals surface area contributed by atoms with Gasteiger partial charge in [-0.25, -0.2) is 0 Å². The first kappa shape index (κ1) is 19.2. The SMILES string of the molecule is CCCC[Si](CCCC)(c1ccccc1)C1(C)[C]=C(C)C(C)=C1C. The molecule has 0 fully saturated rings. The van der Waals surface area contributed by atoms with Crippen molar-refractivity contribution in [3.63, 3.8) is 0 Å². The molecule has 0 bridgehead atoms. The Hall–Kier alpha value is -1.08. The van der Waals surface area contributed by atoms with Crippen LogP contribution in [0.2, 0.25) is 17.1 Å². The van der Waals surface area contributed by atoms with E-state index >= 15 is 0 Å². The first-order valence-electron chi connectivity index (χ1n) is 9.78. The Morgan fingerprint density at radius 1 is 0.917 bits per heavy atom. The van der Waals surface area contributed by atoms with Gasteiger partial charge < -0.3 is 0 Å². The maximum absolute atomic E-state index is 3.99. The summed E-state index contributed by atoms with van der Waals surface area (Å²) in [5, 5.41) is 1.79. The summed E-state index contributed by atoms with van der Waals surface area (Å²) in [6.45, 7) is 14.1. The van der Waals surface area contributed by atoms with Crippen LogP contribution in [-0.4, -0.2) is 8.07 Å². The molecule has 1 aliphatic rings. The van der Waals surface area contributed by atoms with Crippen molar-refractivity contribution in [1.29, 1.82) is 0 Å². The van der Waals surface area contributed by atoms with E-state index in [1.807, 2.05) is 0 Å². The summed E-state index contributed by atoms with van der Waals surface area (Å²) in [4.78, 5) is 0. The quantitative estimate of drug-likeness (QED) is 0.457. The normalized spacial score (nSPS) is 21.3. The van der Waals surface area contributed by atoms with Gasteiger partial charge in [-0.05, 0) is 38.0 Å². The lowest BCUT2D eigenvalue weighted by atomic mass is 10.0. The lowest BCUT2D eigenvalue weighted by Crippen LogP contribution is -2.56. The predicted molar refractivity (Wildman–Crippen MR) is 110 cm³/mol. The molecule has 0 N–H and O–H groups in total. The molecule has 0 heterocycles. The highest BCUT2D eigenvalue weighted by atomic mass is 28.3.